The maximum atomic E-state index is 4.03. The van der Waals surface area contributed by atoms with Gasteiger partial charge in [-0.3, -0.25) is 0 Å². The van der Waals surface area contributed by atoms with E-state index in [9.17, 15) is 0 Å². The summed E-state index contributed by atoms with van der Waals surface area (Å²) in [7, 11) is 0. The van der Waals surface area contributed by atoms with Crippen LogP contribution in [0.1, 0.15) is 20.8 Å². The van der Waals surface area contributed by atoms with Crippen molar-refractivity contribution in [2.45, 2.75) is 20.8 Å². The van der Waals surface area contributed by atoms with Gasteiger partial charge in [-0.1, -0.05) is 19.1 Å². The molecule has 0 amide bonds. The minimum atomic E-state index is 0.735. The highest BCUT2D eigenvalue weighted by Gasteiger charge is 2.51. The molecule has 60 valence electrons. The largest absolute Gasteiger partial charge is 0.363 e. The van der Waals surface area contributed by atoms with Gasteiger partial charge in [0.05, 0.1) is 0 Å². The standard InChI is InChI=1S/C10H15N/c1-5-7(3)11-8(4)10-6(2)9(5)10/h6,9-11H,4H2,1-3H3. The third-order valence-electron chi connectivity index (χ3n) is 3.22. The first-order valence-electron chi connectivity index (χ1n) is 4.26. The molecular weight excluding hydrogens is 134 g/mol. The molecule has 2 rings (SSSR count). The number of hydrogen-bond acceptors (Lipinski definition) is 1. The van der Waals surface area contributed by atoms with Gasteiger partial charge in [0.1, 0.15) is 0 Å². The van der Waals surface area contributed by atoms with Crippen LogP contribution >= 0.6 is 0 Å². The van der Waals surface area contributed by atoms with E-state index < -0.39 is 0 Å². The Morgan fingerprint density at radius 3 is 2.55 bits per heavy atom. The first kappa shape index (κ1) is 6.96. The summed E-state index contributed by atoms with van der Waals surface area (Å²) in [4.78, 5) is 0. The topological polar surface area (TPSA) is 12.0 Å². The van der Waals surface area contributed by atoms with Crippen LogP contribution in [0.2, 0.25) is 0 Å². The van der Waals surface area contributed by atoms with Crippen molar-refractivity contribution >= 4 is 0 Å². The van der Waals surface area contributed by atoms with Crippen molar-refractivity contribution in [3.8, 4) is 0 Å². The van der Waals surface area contributed by atoms with E-state index in [1.807, 2.05) is 0 Å². The minimum Gasteiger partial charge on any atom is -0.363 e. The molecule has 1 N–H and O–H groups in total. The Morgan fingerprint density at radius 2 is 1.91 bits per heavy atom. The second-order valence-electron chi connectivity index (χ2n) is 3.87. The van der Waals surface area contributed by atoms with Crippen molar-refractivity contribution in [3.63, 3.8) is 0 Å². The molecule has 3 atom stereocenters. The average molecular weight is 149 g/mol. The summed E-state index contributed by atoms with van der Waals surface area (Å²) in [5.74, 6) is 2.37. The quantitative estimate of drug-likeness (QED) is 0.557. The van der Waals surface area contributed by atoms with Crippen molar-refractivity contribution in [2.75, 3.05) is 0 Å². The van der Waals surface area contributed by atoms with Crippen LogP contribution in [0.15, 0.2) is 23.5 Å². The predicted molar refractivity (Wildman–Crippen MR) is 46.8 cm³/mol. The second kappa shape index (κ2) is 1.90. The van der Waals surface area contributed by atoms with Crippen LogP contribution in [-0.2, 0) is 0 Å². The Morgan fingerprint density at radius 1 is 1.27 bits per heavy atom. The van der Waals surface area contributed by atoms with Gasteiger partial charge in [-0.25, -0.2) is 0 Å². The van der Waals surface area contributed by atoms with Gasteiger partial charge in [0.25, 0.3) is 0 Å². The fourth-order valence-corrected chi connectivity index (χ4v) is 2.33. The summed E-state index contributed by atoms with van der Waals surface area (Å²) in [6.45, 7) is 10.7. The van der Waals surface area contributed by atoms with Gasteiger partial charge >= 0.3 is 0 Å². The predicted octanol–water partition coefficient (Wildman–Crippen LogP) is 2.28. The lowest BCUT2D eigenvalue weighted by Crippen LogP contribution is -2.18. The third-order valence-corrected chi connectivity index (χ3v) is 3.22. The summed E-state index contributed by atoms with van der Waals surface area (Å²) >= 11 is 0. The Kier molecular flexibility index (Phi) is 1.20. The van der Waals surface area contributed by atoms with E-state index in [1.165, 1.54) is 17.0 Å². The van der Waals surface area contributed by atoms with Gasteiger partial charge in [0, 0.05) is 17.3 Å². The van der Waals surface area contributed by atoms with Crippen LogP contribution in [-0.4, -0.2) is 0 Å². The molecule has 0 aromatic heterocycles. The number of nitrogens with one attached hydrogen (secondary N) is 1. The number of allylic oxidation sites excluding steroid dienone is 3. The zero-order valence-electron chi connectivity index (χ0n) is 7.44. The van der Waals surface area contributed by atoms with Crippen LogP contribution in [0.4, 0.5) is 0 Å². The zero-order chi connectivity index (χ0) is 8.17. The van der Waals surface area contributed by atoms with Gasteiger partial charge in [-0.2, -0.15) is 0 Å². The van der Waals surface area contributed by atoms with Crippen molar-refractivity contribution in [2.24, 2.45) is 17.8 Å². The van der Waals surface area contributed by atoms with Gasteiger partial charge in [-0.05, 0) is 25.7 Å². The number of hydrogen-bond donors (Lipinski definition) is 1. The molecule has 1 heteroatoms. The van der Waals surface area contributed by atoms with Crippen molar-refractivity contribution in [1.29, 1.82) is 0 Å². The van der Waals surface area contributed by atoms with Gasteiger partial charge in [-0.15, -0.1) is 0 Å². The highest BCUT2D eigenvalue weighted by Crippen LogP contribution is 2.56. The molecule has 0 spiro atoms. The molecule has 1 nitrogen and oxygen atoms in total. The van der Waals surface area contributed by atoms with Crippen LogP contribution in [0, 0.1) is 17.8 Å². The second-order valence-corrected chi connectivity index (χ2v) is 3.87. The van der Waals surface area contributed by atoms with Crippen molar-refractivity contribution in [3.05, 3.63) is 23.5 Å². The maximum absolute atomic E-state index is 4.03. The normalized spacial score (nSPS) is 41.7. The van der Waals surface area contributed by atoms with Crippen molar-refractivity contribution < 1.29 is 0 Å². The van der Waals surface area contributed by atoms with E-state index in [4.69, 9.17) is 0 Å². The summed E-state index contributed by atoms with van der Waals surface area (Å²) in [5, 5.41) is 3.34. The number of fused-ring (bicyclic) bond motifs is 1. The van der Waals surface area contributed by atoms with E-state index in [2.05, 4.69) is 32.7 Å². The summed E-state index contributed by atoms with van der Waals surface area (Å²) < 4.78 is 0. The minimum absolute atomic E-state index is 0.735. The molecule has 0 aromatic rings. The lowest BCUT2D eigenvalue weighted by Gasteiger charge is -2.17. The highest BCUT2D eigenvalue weighted by atomic mass is 14.9. The fraction of sp³-hybridized carbons (Fsp3) is 0.600. The van der Waals surface area contributed by atoms with Crippen LogP contribution in [0.25, 0.3) is 0 Å². The molecule has 0 saturated heterocycles. The highest BCUT2D eigenvalue weighted by molar-refractivity contribution is 5.34. The van der Waals surface area contributed by atoms with Gasteiger partial charge in [0.15, 0.2) is 0 Å². The molecule has 0 bridgehead atoms. The average Bonchev–Trinajstić information content (AvgIpc) is 2.58. The summed E-state index contributed by atoms with van der Waals surface area (Å²) in [6.07, 6.45) is 0. The van der Waals surface area contributed by atoms with Crippen molar-refractivity contribution in [1.82, 2.24) is 5.32 Å². The lowest BCUT2D eigenvalue weighted by atomic mass is 10.0. The molecule has 1 saturated carbocycles. The number of rotatable bonds is 0. The molecule has 1 aliphatic heterocycles. The van der Waals surface area contributed by atoms with Crippen LogP contribution in [0.3, 0.4) is 0 Å². The molecular formula is C10H15N. The first-order chi connectivity index (χ1) is 5.13. The monoisotopic (exact) mass is 149 g/mol. The van der Waals surface area contributed by atoms with E-state index >= 15 is 0 Å². The molecule has 11 heavy (non-hydrogen) atoms. The SMILES string of the molecule is C=C1NC(C)=C(C)C2C(C)C12. The van der Waals surface area contributed by atoms with Gasteiger partial charge in [0.2, 0.25) is 0 Å². The Labute approximate surface area is 68.2 Å². The van der Waals surface area contributed by atoms with Crippen LogP contribution < -0.4 is 5.32 Å². The van der Waals surface area contributed by atoms with E-state index in [-0.39, 0.29) is 0 Å². The molecule has 0 aromatic carbocycles. The first-order valence-corrected chi connectivity index (χ1v) is 4.26. The van der Waals surface area contributed by atoms with E-state index in [0.717, 1.165) is 17.8 Å². The maximum Gasteiger partial charge on any atom is 0.0116 e. The smallest absolute Gasteiger partial charge is 0.0116 e. The molecule has 1 fully saturated rings. The summed E-state index contributed by atoms with van der Waals surface area (Å²) in [6, 6.07) is 0. The molecule has 2 aliphatic rings. The lowest BCUT2D eigenvalue weighted by molar-refractivity contribution is 0.727. The molecule has 1 aliphatic carbocycles. The van der Waals surface area contributed by atoms with E-state index in [1.54, 1.807) is 0 Å². The zero-order valence-corrected chi connectivity index (χ0v) is 7.44. The Hall–Kier alpha value is -0.720. The van der Waals surface area contributed by atoms with E-state index in [0.29, 0.717) is 0 Å². The fourth-order valence-electron chi connectivity index (χ4n) is 2.33. The molecule has 0 radical (unpaired) electrons. The Balaban J connectivity index is 2.34. The van der Waals surface area contributed by atoms with Gasteiger partial charge < -0.3 is 5.32 Å². The molecule has 3 unspecified atom stereocenters. The summed E-state index contributed by atoms with van der Waals surface area (Å²) in [5.41, 5.74) is 4.08. The Bertz CT molecular complexity index is 250. The molecule has 1 heterocycles. The van der Waals surface area contributed by atoms with Crippen LogP contribution in [0.5, 0.6) is 0 Å². The third kappa shape index (κ3) is 0.770.